The zero-order valence-electron chi connectivity index (χ0n) is 12.4. The minimum Gasteiger partial charge on any atom is -0.362 e. The summed E-state index contributed by atoms with van der Waals surface area (Å²) in [5.41, 5.74) is 2.13. The van der Waals surface area contributed by atoms with Gasteiger partial charge in [0, 0.05) is 5.02 Å². The van der Waals surface area contributed by atoms with Crippen molar-refractivity contribution in [1.82, 2.24) is 4.90 Å². The first-order chi connectivity index (χ1) is 10.6. The summed E-state index contributed by atoms with van der Waals surface area (Å²) in [6, 6.07) is 17.6. The standard InChI is InChI=1S/C18H18ClNO2/c1-13(15-8-5-9-16(19)10-15)20-11-17(22-12-18(20)21)14-6-3-2-4-7-14/h2-10,13,17H,11-12H2,1H3. The monoisotopic (exact) mass is 315 g/mol. The molecule has 114 valence electrons. The van der Waals surface area contributed by atoms with E-state index in [-0.39, 0.29) is 24.7 Å². The van der Waals surface area contributed by atoms with Gasteiger partial charge in [-0.25, -0.2) is 0 Å². The van der Waals surface area contributed by atoms with Gasteiger partial charge in [-0.05, 0) is 30.2 Å². The van der Waals surface area contributed by atoms with Crippen LogP contribution in [0, 0.1) is 0 Å². The van der Waals surface area contributed by atoms with Crippen molar-refractivity contribution in [3.05, 3.63) is 70.7 Å². The Morgan fingerprint density at radius 2 is 1.95 bits per heavy atom. The van der Waals surface area contributed by atoms with Crippen LogP contribution < -0.4 is 0 Å². The van der Waals surface area contributed by atoms with Gasteiger partial charge in [0.15, 0.2) is 0 Å². The van der Waals surface area contributed by atoms with Gasteiger partial charge in [0.2, 0.25) is 5.91 Å². The fourth-order valence-corrected chi connectivity index (χ4v) is 2.98. The average Bonchev–Trinajstić information content (AvgIpc) is 2.55. The molecule has 0 N–H and O–H groups in total. The number of rotatable bonds is 3. The first-order valence-electron chi connectivity index (χ1n) is 7.36. The SMILES string of the molecule is CC(c1cccc(Cl)c1)N1CC(c2ccccc2)OCC1=O. The molecule has 0 bridgehead atoms. The van der Waals surface area contributed by atoms with Crippen molar-refractivity contribution in [2.75, 3.05) is 13.2 Å². The molecule has 2 aromatic rings. The number of hydrogen-bond acceptors (Lipinski definition) is 2. The summed E-state index contributed by atoms with van der Waals surface area (Å²) in [5, 5.41) is 0.685. The Morgan fingerprint density at radius 1 is 1.18 bits per heavy atom. The van der Waals surface area contributed by atoms with E-state index in [1.165, 1.54) is 0 Å². The molecular weight excluding hydrogens is 298 g/mol. The highest BCUT2D eigenvalue weighted by atomic mass is 35.5. The van der Waals surface area contributed by atoms with Crippen molar-refractivity contribution < 1.29 is 9.53 Å². The summed E-state index contributed by atoms with van der Waals surface area (Å²) in [7, 11) is 0. The molecule has 4 heteroatoms. The van der Waals surface area contributed by atoms with E-state index in [4.69, 9.17) is 16.3 Å². The third-order valence-corrected chi connectivity index (χ3v) is 4.30. The largest absolute Gasteiger partial charge is 0.362 e. The van der Waals surface area contributed by atoms with Crippen molar-refractivity contribution >= 4 is 17.5 Å². The maximum Gasteiger partial charge on any atom is 0.249 e. The third-order valence-electron chi connectivity index (χ3n) is 4.06. The van der Waals surface area contributed by atoms with Crippen LogP contribution in [0.25, 0.3) is 0 Å². The number of hydrogen-bond donors (Lipinski definition) is 0. The van der Waals surface area contributed by atoms with Crippen LogP contribution in [0.5, 0.6) is 0 Å². The lowest BCUT2D eigenvalue weighted by atomic mass is 10.0. The normalized spacial score (nSPS) is 20.0. The summed E-state index contributed by atoms with van der Waals surface area (Å²) in [4.78, 5) is 14.1. The molecular formula is C18H18ClNO2. The van der Waals surface area contributed by atoms with E-state index in [1.807, 2.05) is 66.4 Å². The summed E-state index contributed by atoms with van der Waals surface area (Å²) >= 11 is 6.06. The topological polar surface area (TPSA) is 29.5 Å². The van der Waals surface area contributed by atoms with Gasteiger partial charge in [0.25, 0.3) is 0 Å². The molecule has 3 nitrogen and oxygen atoms in total. The number of carbonyl (C=O) groups is 1. The maximum atomic E-state index is 12.2. The van der Waals surface area contributed by atoms with Gasteiger partial charge in [-0.15, -0.1) is 0 Å². The molecule has 1 aliphatic rings. The Kier molecular flexibility index (Phi) is 4.46. The van der Waals surface area contributed by atoms with Crippen molar-refractivity contribution in [2.45, 2.75) is 19.1 Å². The van der Waals surface area contributed by atoms with Crippen LogP contribution >= 0.6 is 11.6 Å². The molecule has 2 atom stereocenters. The minimum atomic E-state index is -0.0828. The lowest BCUT2D eigenvalue weighted by Crippen LogP contribution is -2.44. The zero-order chi connectivity index (χ0) is 15.5. The third kappa shape index (κ3) is 3.16. The summed E-state index contributed by atoms with van der Waals surface area (Å²) in [6.07, 6.45) is -0.0828. The van der Waals surface area contributed by atoms with Crippen LogP contribution in [0.3, 0.4) is 0 Å². The number of morpholine rings is 1. The average molecular weight is 316 g/mol. The molecule has 0 aliphatic carbocycles. The molecule has 2 unspecified atom stereocenters. The second-order valence-corrected chi connectivity index (χ2v) is 5.92. The number of benzene rings is 2. The van der Waals surface area contributed by atoms with Gasteiger partial charge < -0.3 is 9.64 Å². The van der Waals surface area contributed by atoms with Crippen LogP contribution in [-0.2, 0) is 9.53 Å². The van der Waals surface area contributed by atoms with Crippen molar-refractivity contribution in [3.63, 3.8) is 0 Å². The molecule has 0 radical (unpaired) electrons. The van der Waals surface area contributed by atoms with Gasteiger partial charge in [-0.3, -0.25) is 4.79 Å². The van der Waals surface area contributed by atoms with E-state index in [2.05, 4.69) is 0 Å². The van der Waals surface area contributed by atoms with Crippen molar-refractivity contribution in [1.29, 1.82) is 0 Å². The fraction of sp³-hybridized carbons (Fsp3) is 0.278. The second kappa shape index (κ2) is 6.51. The quantitative estimate of drug-likeness (QED) is 0.856. The Bertz CT molecular complexity index is 659. The lowest BCUT2D eigenvalue weighted by molar-refractivity contribution is -0.152. The Balaban J connectivity index is 1.81. The Hall–Kier alpha value is -1.84. The highest BCUT2D eigenvalue weighted by Crippen LogP contribution is 2.30. The minimum absolute atomic E-state index is 0.0136. The van der Waals surface area contributed by atoms with E-state index >= 15 is 0 Å². The summed E-state index contributed by atoms with van der Waals surface area (Å²) < 4.78 is 5.70. The fourth-order valence-electron chi connectivity index (χ4n) is 2.78. The Labute approximate surface area is 135 Å². The van der Waals surface area contributed by atoms with Crippen LogP contribution in [0.4, 0.5) is 0 Å². The molecule has 0 saturated carbocycles. The lowest BCUT2D eigenvalue weighted by Gasteiger charge is -2.37. The predicted molar refractivity (Wildman–Crippen MR) is 86.7 cm³/mol. The molecule has 1 aliphatic heterocycles. The molecule has 2 aromatic carbocycles. The van der Waals surface area contributed by atoms with Gasteiger partial charge in [0.05, 0.1) is 12.6 Å². The second-order valence-electron chi connectivity index (χ2n) is 5.49. The van der Waals surface area contributed by atoms with E-state index in [0.29, 0.717) is 11.6 Å². The number of nitrogens with zero attached hydrogens (tertiary/aromatic N) is 1. The van der Waals surface area contributed by atoms with E-state index in [9.17, 15) is 4.79 Å². The van der Waals surface area contributed by atoms with Crippen molar-refractivity contribution in [3.8, 4) is 0 Å². The smallest absolute Gasteiger partial charge is 0.249 e. The molecule has 0 aromatic heterocycles. The first kappa shape index (κ1) is 15.1. The molecule has 0 spiro atoms. The molecule has 1 amide bonds. The molecule has 1 saturated heterocycles. The molecule has 1 heterocycles. The highest BCUT2D eigenvalue weighted by molar-refractivity contribution is 6.30. The van der Waals surface area contributed by atoms with E-state index in [0.717, 1.165) is 11.1 Å². The molecule has 3 rings (SSSR count). The van der Waals surface area contributed by atoms with Crippen molar-refractivity contribution in [2.24, 2.45) is 0 Å². The van der Waals surface area contributed by atoms with Gasteiger partial charge in [-0.2, -0.15) is 0 Å². The van der Waals surface area contributed by atoms with Crippen LogP contribution in [0.15, 0.2) is 54.6 Å². The number of carbonyl (C=O) groups excluding carboxylic acids is 1. The Morgan fingerprint density at radius 3 is 2.68 bits per heavy atom. The molecule has 22 heavy (non-hydrogen) atoms. The number of ether oxygens (including phenoxy) is 1. The zero-order valence-corrected chi connectivity index (χ0v) is 13.2. The first-order valence-corrected chi connectivity index (χ1v) is 7.74. The number of amides is 1. The van der Waals surface area contributed by atoms with Gasteiger partial charge >= 0.3 is 0 Å². The maximum absolute atomic E-state index is 12.2. The van der Waals surface area contributed by atoms with E-state index < -0.39 is 0 Å². The van der Waals surface area contributed by atoms with E-state index in [1.54, 1.807) is 0 Å². The van der Waals surface area contributed by atoms with Crippen LogP contribution in [0.2, 0.25) is 5.02 Å². The van der Waals surface area contributed by atoms with Gasteiger partial charge in [0.1, 0.15) is 12.7 Å². The van der Waals surface area contributed by atoms with Gasteiger partial charge in [-0.1, -0.05) is 54.1 Å². The van der Waals surface area contributed by atoms with Crippen LogP contribution in [0.1, 0.15) is 30.2 Å². The predicted octanol–water partition coefficient (Wildman–Crippen LogP) is 4.00. The summed E-state index contributed by atoms with van der Waals surface area (Å²) in [5.74, 6) is 0.0136. The highest BCUT2D eigenvalue weighted by Gasteiger charge is 2.31. The summed E-state index contributed by atoms with van der Waals surface area (Å²) in [6.45, 7) is 2.69. The number of halogens is 1. The van der Waals surface area contributed by atoms with Crippen LogP contribution in [-0.4, -0.2) is 24.0 Å². The molecule has 1 fully saturated rings.